The summed E-state index contributed by atoms with van der Waals surface area (Å²) in [6.45, 7) is 8.47. The van der Waals surface area contributed by atoms with Gasteiger partial charge in [-0.05, 0) is 47.4 Å². The fourth-order valence-electron chi connectivity index (χ4n) is 2.36. The van der Waals surface area contributed by atoms with Gasteiger partial charge in [-0.1, -0.05) is 56.7 Å². The molecule has 0 aliphatic rings. The van der Waals surface area contributed by atoms with Gasteiger partial charge in [0.15, 0.2) is 0 Å². The van der Waals surface area contributed by atoms with Crippen molar-refractivity contribution in [1.29, 1.82) is 0 Å². The van der Waals surface area contributed by atoms with Crippen LogP contribution in [-0.2, 0) is 0 Å². The topological polar surface area (TPSA) is 3.24 Å². The van der Waals surface area contributed by atoms with Gasteiger partial charge in [-0.25, -0.2) is 0 Å². The summed E-state index contributed by atoms with van der Waals surface area (Å²) in [6.07, 6.45) is 11.6. The Morgan fingerprint density at radius 3 is 2.52 bits per heavy atom. The molecule has 1 rings (SSSR count). The van der Waals surface area contributed by atoms with Crippen molar-refractivity contribution >= 4 is 12.7 Å². The Hall–Kier alpha value is -1.76. The largest absolute Gasteiger partial charge is 0.383 e. The molecule has 0 saturated heterocycles. The highest BCUT2D eigenvalue weighted by molar-refractivity contribution is 5.57. The van der Waals surface area contributed by atoms with E-state index >= 15 is 0 Å². The molecule has 0 unspecified atom stereocenters. The third-order valence-corrected chi connectivity index (χ3v) is 3.51. The van der Waals surface area contributed by atoms with Gasteiger partial charge < -0.3 is 4.90 Å². The minimum Gasteiger partial charge on any atom is -0.383 e. The van der Waals surface area contributed by atoms with E-state index in [1.165, 1.54) is 35.6 Å². The van der Waals surface area contributed by atoms with Gasteiger partial charge >= 0.3 is 0 Å². The van der Waals surface area contributed by atoms with Crippen LogP contribution in [0.1, 0.15) is 41.0 Å². The molecule has 0 atom stereocenters. The van der Waals surface area contributed by atoms with E-state index < -0.39 is 0 Å². The number of nitrogens with zero attached hydrogens (tertiary/aromatic N) is 1. The van der Waals surface area contributed by atoms with Crippen LogP contribution in [0.15, 0.2) is 47.7 Å². The van der Waals surface area contributed by atoms with Crippen molar-refractivity contribution in [2.45, 2.75) is 39.5 Å². The lowest BCUT2D eigenvalue weighted by Gasteiger charge is -2.13. The lowest BCUT2D eigenvalue weighted by molar-refractivity contribution is 0.554. The fraction of sp³-hybridized carbons (Fsp3) is 0.400. The first-order chi connectivity index (χ1) is 10.1. The van der Waals surface area contributed by atoms with Crippen LogP contribution in [0.5, 0.6) is 0 Å². The summed E-state index contributed by atoms with van der Waals surface area (Å²) < 4.78 is 0. The number of benzene rings is 1. The molecule has 0 aliphatic heterocycles. The standard InChI is InChI=1S/C20H29N.H2/c1-6-8-9-14-20(16-21(4)5)18(7-2)15-19-13-11-10-12-17(19)3;/h7,10-13,15-16H,3,6,8-9,14H2,1-2,4-5H3;1H/b18-7+,19-15-,20-16+;. The maximum Gasteiger partial charge on any atom is 0.00557 e. The zero-order chi connectivity index (χ0) is 15.7. The van der Waals surface area contributed by atoms with Crippen LogP contribution >= 0.6 is 0 Å². The normalized spacial score (nSPS) is 13.6. The van der Waals surface area contributed by atoms with Crippen LogP contribution in [0.4, 0.5) is 0 Å². The Balaban J connectivity index is 0.00000441. The average Bonchev–Trinajstić information content (AvgIpc) is 2.45. The summed E-state index contributed by atoms with van der Waals surface area (Å²) in [5.74, 6) is 0. The number of allylic oxidation sites excluding steroid dienone is 3. The van der Waals surface area contributed by atoms with Gasteiger partial charge in [-0.15, -0.1) is 0 Å². The Morgan fingerprint density at radius 1 is 1.24 bits per heavy atom. The van der Waals surface area contributed by atoms with Crippen LogP contribution in [0.2, 0.25) is 0 Å². The van der Waals surface area contributed by atoms with Gasteiger partial charge in [0.25, 0.3) is 0 Å². The highest BCUT2D eigenvalue weighted by Crippen LogP contribution is 2.19. The smallest absolute Gasteiger partial charge is 0.00557 e. The molecule has 0 bridgehead atoms. The van der Waals surface area contributed by atoms with Crippen molar-refractivity contribution in [2.24, 2.45) is 0 Å². The Bertz CT molecular complexity index is 596. The number of hydrogen-bond acceptors (Lipinski definition) is 1. The van der Waals surface area contributed by atoms with Crippen LogP contribution in [0.25, 0.3) is 12.7 Å². The van der Waals surface area contributed by atoms with E-state index in [4.69, 9.17) is 0 Å². The first-order valence-corrected chi connectivity index (χ1v) is 7.88. The summed E-state index contributed by atoms with van der Waals surface area (Å²) in [6, 6.07) is 8.30. The van der Waals surface area contributed by atoms with Crippen molar-refractivity contribution < 1.29 is 1.43 Å². The summed E-state index contributed by atoms with van der Waals surface area (Å²) in [5.41, 5.74) is 2.70. The van der Waals surface area contributed by atoms with E-state index in [0.29, 0.717) is 0 Å². The maximum absolute atomic E-state index is 4.12. The Labute approximate surface area is 131 Å². The molecule has 0 saturated carbocycles. The first-order valence-electron chi connectivity index (χ1n) is 7.88. The highest BCUT2D eigenvalue weighted by atomic mass is 15.0. The van der Waals surface area contributed by atoms with Crippen molar-refractivity contribution in [1.82, 2.24) is 4.90 Å². The van der Waals surface area contributed by atoms with Crippen LogP contribution in [0, 0.1) is 0 Å². The molecule has 1 aromatic carbocycles. The van der Waals surface area contributed by atoms with Crippen molar-refractivity contribution in [3.8, 4) is 0 Å². The van der Waals surface area contributed by atoms with E-state index in [1.807, 2.05) is 6.07 Å². The zero-order valence-electron chi connectivity index (χ0n) is 14.0. The van der Waals surface area contributed by atoms with Crippen molar-refractivity contribution in [3.63, 3.8) is 0 Å². The molecule has 1 aromatic rings. The molecule has 0 aliphatic carbocycles. The van der Waals surface area contributed by atoms with E-state index in [9.17, 15) is 0 Å². The average molecular weight is 285 g/mol. The predicted octanol–water partition coefficient (Wildman–Crippen LogP) is 4.10. The van der Waals surface area contributed by atoms with Gasteiger partial charge in [0.1, 0.15) is 0 Å². The van der Waals surface area contributed by atoms with E-state index in [0.717, 1.165) is 11.6 Å². The molecule has 0 aromatic heterocycles. The molecule has 116 valence electrons. The molecule has 0 spiro atoms. The summed E-state index contributed by atoms with van der Waals surface area (Å²) in [7, 11) is 4.17. The van der Waals surface area contributed by atoms with Crippen LogP contribution < -0.4 is 10.4 Å². The second-order valence-corrected chi connectivity index (χ2v) is 5.66. The molecule has 21 heavy (non-hydrogen) atoms. The lowest BCUT2D eigenvalue weighted by Crippen LogP contribution is -2.22. The monoisotopic (exact) mass is 285 g/mol. The zero-order valence-corrected chi connectivity index (χ0v) is 14.0. The number of rotatable bonds is 7. The van der Waals surface area contributed by atoms with E-state index in [-0.39, 0.29) is 1.43 Å². The van der Waals surface area contributed by atoms with Crippen LogP contribution in [0.3, 0.4) is 0 Å². The summed E-state index contributed by atoms with van der Waals surface area (Å²) >= 11 is 0. The molecule has 0 N–H and O–H groups in total. The molecule has 0 heterocycles. The minimum absolute atomic E-state index is 0. The molecule has 0 radical (unpaired) electrons. The highest BCUT2D eigenvalue weighted by Gasteiger charge is 2.03. The molecular weight excluding hydrogens is 254 g/mol. The molecule has 1 nitrogen and oxygen atoms in total. The maximum atomic E-state index is 4.12. The molecule has 0 amide bonds. The Morgan fingerprint density at radius 2 is 1.95 bits per heavy atom. The van der Waals surface area contributed by atoms with Crippen molar-refractivity contribution in [3.05, 3.63) is 58.1 Å². The first kappa shape index (κ1) is 17.3. The summed E-state index contributed by atoms with van der Waals surface area (Å²) in [4.78, 5) is 2.13. The minimum atomic E-state index is 0. The third-order valence-electron chi connectivity index (χ3n) is 3.51. The Kier molecular flexibility index (Phi) is 7.60. The van der Waals surface area contributed by atoms with E-state index in [1.54, 1.807) is 0 Å². The third kappa shape index (κ3) is 6.03. The van der Waals surface area contributed by atoms with Gasteiger partial charge in [-0.2, -0.15) is 0 Å². The number of unbranched alkanes of at least 4 members (excludes halogenated alkanes) is 2. The SMILES string of the molecule is C=c1cccc/c1=C/C(=C\C)C(=C/N(C)C)/CCCCC.[HH]. The number of hydrogen-bond donors (Lipinski definition) is 0. The second kappa shape index (κ2) is 9.23. The van der Waals surface area contributed by atoms with E-state index in [2.05, 4.69) is 76.0 Å². The van der Waals surface area contributed by atoms with Crippen molar-refractivity contribution in [2.75, 3.05) is 14.1 Å². The lowest BCUT2D eigenvalue weighted by atomic mass is 9.98. The van der Waals surface area contributed by atoms with Gasteiger partial charge in [-0.3, -0.25) is 0 Å². The molecular formula is C20H31N. The molecule has 0 fully saturated rings. The fourth-order valence-corrected chi connectivity index (χ4v) is 2.36. The molecule has 1 heteroatoms. The second-order valence-electron chi connectivity index (χ2n) is 5.66. The quantitative estimate of drug-likeness (QED) is 0.538. The van der Waals surface area contributed by atoms with Gasteiger partial charge in [0, 0.05) is 21.7 Å². The van der Waals surface area contributed by atoms with Crippen LogP contribution in [-0.4, -0.2) is 19.0 Å². The predicted molar refractivity (Wildman–Crippen MR) is 97.5 cm³/mol. The van der Waals surface area contributed by atoms with Gasteiger partial charge in [0.05, 0.1) is 0 Å². The summed E-state index contributed by atoms with van der Waals surface area (Å²) in [5, 5.41) is 2.28. The van der Waals surface area contributed by atoms with Gasteiger partial charge in [0.2, 0.25) is 0 Å².